The molecule has 13 nitrogen and oxygen atoms in total. The molecule has 0 aliphatic heterocycles. The molecule has 0 heterocycles. The van der Waals surface area contributed by atoms with E-state index in [0.717, 1.165) is 0 Å². The monoisotopic (exact) mass is 503 g/mol. The second-order valence-electron chi connectivity index (χ2n) is 5.25. The first-order valence-corrected chi connectivity index (χ1v) is 14.1. The highest BCUT2D eigenvalue weighted by molar-refractivity contribution is 7.98. The SMILES string of the molecule is CCC(CO)COP(=O)([O-])OCCOP(=O)([O-])OCCOP(=O)([O-])OCCSC. The molecular formula is C12H26O13P3S-3. The van der Waals surface area contributed by atoms with E-state index < -0.39 is 49.9 Å². The van der Waals surface area contributed by atoms with Crippen molar-refractivity contribution in [2.24, 2.45) is 5.92 Å². The molecule has 4 atom stereocenters. The number of hydrogen-bond acceptors (Lipinski definition) is 14. The van der Waals surface area contributed by atoms with Gasteiger partial charge in [0.1, 0.15) is 0 Å². The summed E-state index contributed by atoms with van der Waals surface area (Å²) >= 11 is 1.37. The molecule has 0 rings (SSSR count). The van der Waals surface area contributed by atoms with Crippen LogP contribution >= 0.6 is 35.2 Å². The summed E-state index contributed by atoms with van der Waals surface area (Å²) in [4.78, 5) is 34.3. The zero-order chi connectivity index (χ0) is 22.4. The predicted molar refractivity (Wildman–Crippen MR) is 97.8 cm³/mol. The minimum atomic E-state index is -4.83. The topological polar surface area (TPSA) is 196 Å². The van der Waals surface area contributed by atoms with Gasteiger partial charge < -0.3 is 46.9 Å². The Balaban J connectivity index is 4.02. The maximum Gasteiger partial charge on any atom is 0.268 e. The molecule has 0 aliphatic rings. The van der Waals surface area contributed by atoms with E-state index in [1.807, 2.05) is 0 Å². The van der Waals surface area contributed by atoms with Crippen LogP contribution in [-0.2, 0) is 40.8 Å². The summed E-state index contributed by atoms with van der Waals surface area (Å²) in [5.41, 5.74) is 0. The standard InChI is InChI=1S/C12H29O13P3S/c1-3-12(10-13)11-25-28(18,19)23-7-6-21-26(14,15)20-4-5-22-27(16,17)24-8-9-29-2/h12-13H,3-11H2,1-2H3,(H,14,15)(H,16,17)(H,18,19)/p-3. The Labute approximate surface area is 173 Å². The van der Waals surface area contributed by atoms with Crippen LogP contribution < -0.4 is 14.7 Å². The Morgan fingerprint density at radius 1 is 0.793 bits per heavy atom. The van der Waals surface area contributed by atoms with Gasteiger partial charge in [0.15, 0.2) is 0 Å². The van der Waals surface area contributed by atoms with Gasteiger partial charge in [0, 0.05) is 18.3 Å². The fraction of sp³-hybridized carbons (Fsp3) is 1.00. The molecule has 0 spiro atoms. The highest BCUT2D eigenvalue weighted by Gasteiger charge is 2.15. The van der Waals surface area contributed by atoms with Gasteiger partial charge in [0.25, 0.3) is 23.5 Å². The molecule has 0 aromatic heterocycles. The second kappa shape index (κ2) is 15.4. The van der Waals surface area contributed by atoms with Crippen LogP contribution in [0.3, 0.4) is 0 Å². The summed E-state index contributed by atoms with van der Waals surface area (Å²) in [5, 5.41) is 8.95. The van der Waals surface area contributed by atoms with Gasteiger partial charge >= 0.3 is 0 Å². The Bertz CT molecular complexity index is 573. The van der Waals surface area contributed by atoms with Crippen LogP contribution in [0.2, 0.25) is 0 Å². The maximum absolute atomic E-state index is 11.5. The van der Waals surface area contributed by atoms with E-state index in [1.54, 1.807) is 13.2 Å². The molecule has 4 unspecified atom stereocenters. The van der Waals surface area contributed by atoms with Crippen molar-refractivity contribution < 1.29 is 60.6 Å². The number of hydrogen-bond donors (Lipinski definition) is 1. The van der Waals surface area contributed by atoms with Crippen molar-refractivity contribution in [3.05, 3.63) is 0 Å². The van der Waals surface area contributed by atoms with E-state index >= 15 is 0 Å². The molecule has 0 amide bonds. The number of thioether (sulfide) groups is 1. The number of phosphoric acid groups is 3. The summed E-state index contributed by atoms with van der Waals surface area (Å²) in [6.07, 6.45) is 2.25. The molecule has 1 N–H and O–H groups in total. The Kier molecular flexibility index (Phi) is 15.8. The largest absolute Gasteiger partial charge is 0.756 e. The maximum atomic E-state index is 11.5. The van der Waals surface area contributed by atoms with Crippen molar-refractivity contribution in [3.8, 4) is 0 Å². The van der Waals surface area contributed by atoms with Crippen LogP contribution in [0, 0.1) is 5.92 Å². The summed E-state index contributed by atoms with van der Waals surface area (Å²) < 4.78 is 60.8. The van der Waals surface area contributed by atoms with E-state index in [4.69, 9.17) is 5.11 Å². The first kappa shape index (κ1) is 29.6. The fourth-order valence-corrected chi connectivity index (χ4v) is 3.93. The average Bonchev–Trinajstić information content (AvgIpc) is 2.63. The Morgan fingerprint density at radius 3 is 1.52 bits per heavy atom. The molecule has 0 bridgehead atoms. The summed E-state index contributed by atoms with van der Waals surface area (Å²) in [6, 6.07) is 0. The molecule has 17 heteroatoms. The number of rotatable bonds is 19. The van der Waals surface area contributed by atoms with Crippen molar-refractivity contribution in [1.29, 1.82) is 0 Å². The van der Waals surface area contributed by atoms with Gasteiger partial charge in [-0.2, -0.15) is 11.8 Å². The lowest BCUT2D eigenvalue weighted by molar-refractivity contribution is -0.236. The van der Waals surface area contributed by atoms with Crippen molar-refractivity contribution in [1.82, 2.24) is 0 Å². The molecule has 0 aromatic rings. The number of aliphatic hydroxyl groups excluding tert-OH is 1. The minimum absolute atomic E-state index is 0.0850. The van der Waals surface area contributed by atoms with E-state index in [1.165, 1.54) is 11.8 Å². The first-order chi connectivity index (χ1) is 13.5. The highest BCUT2D eigenvalue weighted by atomic mass is 32.2. The first-order valence-electron chi connectivity index (χ1n) is 8.37. The van der Waals surface area contributed by atoms with E-state index in [9.17, 15) is 28.4 Å². The van der Waals surface area contributed by atoms with Crippen molar-refractivity contribution in [3.63, 3.8) is 0 Å². The third-order valence-electron chi connectivity index (χ3n) is 3.01. The average molecular weight is 503 g/mol. The molecule has 176 valence electrons. The predicted octanol–water partition coefficient (Wildman–Crippen LogP) is -0.127. The van der Waals surface area contributed by atoms with E-state index in [-0.39, 0.29) is 25.7 Å². The van der Waals surface area contributed by atoms with E-state index in [0.29, 0.717) is 12.2 Å². The van der Waals surface area contributed by atoms with Gasteiger partial charge in [0.2, 0.25) is 0 Å². The normalized spacial score (nSPS) is 19.2. The van der Waals surface area contributed by atoms with E-state index in [2.05, 4.69) is 27.1 Å². The van der Waals surface area contributed by atoms with Gasteiger partial charge in [-0.1, -0.05) is 6.92 Å². The van der Waals surface area contributed by atoms with Gasteiger partial charge in [-0.25, -0.2) is 0 Å². The third kappa shape index (κ3) is 16.9. The van der Waals surface area contributed by atoms with Crippen molar-refractivity contribution in [2.75, 3.05) is 58.3 Å². The van der Waals surface area contributed by atoms with Gasteiger partial charge in [-0.15, -0.1) is 0 Å². The lowest BCUT2D eigenvalue weighted by Crippen LogP contribution is -2.18. The third-order valence-corrected chi connectivity index (χ3v) is 6.54. The Morgan fingerprint density at radius 2 is 1.17 bits per heavy atom. The summed E-state index contributed by atoms with van der Waals surface area (Å²) in [7, 11) is -14.1. The molecule has 0 saturated heterocycles. The number of aliphatic hydroxyl groups is 1. The van der Waals surface area contributed by atoms with Gasteiger partial charge in [-0.05, 0) is 12.7 Å². The van der Waals surface area contributed by atoms with Gasteiger partial charge in [-0.3, -0.25) is 13.7 Å². The quantitative estimate of drug-likeness (QED) is 0.181. The van der Waals surface area contributed by atoms with Crippen LogP contribution in [0.1, 0.15) is 13.3 Å². The summed E-state index contributed by atoms with van der Waals surface area (Å²) in [6.45, 7) is -1.53. The smallest absolute Gasteiger partial charge is 0.268 e. The number of phosphoric ester groups is 3. The van der Waals surface area contributed by atoms with Crippen molar-refractivity contribution in [2.45, 2.75) is 13.3 Å². The highest BCUT2D eigenvalue weighted by Crippen LogP contribution is 2.42. The lowest BCUT2D eigenvalue weighted by atomic mass is 10.1. The molecule has 0 aliphatic carbocycles. The van der Waals surface area contributed by atoms with Crippen molar-refractivity contribution >= 4 is 35.2 Å². The van der Waals surface area contributed by atoms with Crippen LogP contribution in [0.4, 0.5) is 0 Å². The molecule has 0 fully saturated rings. The molecule has 0 aromatic carbocycles. The van der Waals surface area contributed by atoms with Crippen LogP contribution in [0.15, 0.2) is 0 Å². The van der Waals surface area contributed by atoms with Gasteiger partial charge in [0.05, 0.1) is 39.6 Å². The second-order valence-corrected chi connectivity index (χ2v) is 10.5. The molecule has 0 saturated carbocycles. The molecular weight excluding hydrogens is 477 g/mol. The molecule has 0 radical (unpaired) electrons. The molecule has 29 heavy (non-hydrogen) atoms. The fourth-order valence-electron chi connectivity index (χ4n) is 1.44. The lowest BCUT2D eigenvalue weighted by Gasteiger charge is -2.26. The zero-order valence-corrected chi connectivity index (χ0v) is 19.5. The Hall–Kier alpha value is 0.640. The van der Waals surface area contributed by atoms with Crippen LogP contribution in [0.5, 0.6) is 0 Å². The summed E-state index contributed by atoms with van der Waals surface area (Å²) in [5.74, 6) is 0.0506. The zero-order valence-electron chi connectivity index (χ0n) is 16.0. The minimum Gasteiger partial charge on any atom is -0.756 e. The van der Waals surface area contributed by atoms with Crippen LogP contribution in [0.25, 0.3) is 0 Å². The van der Waals surface area contributed by atoms with Crippen LogP contribution in [-0.4, -0.2) is 63.4 Å².